The molecule has 152 valence electrons. The highest BCUT2D eigenvalue weighted by atomic mass is 32.1. The lowest BCUT2D eigenvalue weighted by molar-refractivity contribution is 0.0739. The van der Waals surface area contributed by atoms with Gasteiger partial charge in [-0.1, -0.05) is 18.2 Å². The molecule has 2 aromatic heterocycles. The summed E-state index contributed by atoms with van der Waals surface area (Å²) in [4.78, 5) is 30.7. The molecule has 0 aliphatic rings. The van der Waals surface area contributed by atoms with Crippen LogP contribution in [0.5, 0.6) is 11.5 Å². The second kappa shape index (κ2) is 8.08. The molecular formula is C22H17FN2O4S. The molecule has 30 heavy (non-hydrogen) atoms. The molecule has 2 aromatic carbocycles. The van der Waals surface area contributed by atoms with Crippen molar-refractivity contribution in [2.75, 3.05) is 7.11 Å². The van der Waals surface area contributed by atoms with E-state index in [4.69, 9.17) is 9.47 Å². The number of esters is 1. The summed E-state index contributed by atoms with van der Waals surface area (Å²) in [6, 6.07) is 12.9. The van der Waals surface area contributed by atoms with Crippen LogP contribution in [0.25, 0.3) is 10.2 Å². The van der Waals surface area contributed by atoms with Gasteiger partial charge in [-0.05, 0) is 42.8 Å². The Morgan fingerprint density at radius 2 is 1.83 bits per heavy atom. The molecule has 0 aliphatic carbocycles. The summed E-state index contributed by atoms with van der Waals surface area (Å²) in [7, 11) is 1.55. The SMILES string of the molecule is COc1ccc(OC(=O)c2sc3ncn(Cc4ccccc4F)c(=O)c3c2C)cc1. The number of benzene rings is 2. The molecule has 6 nitrogen and oxygen atoms in total. The fourth-order valence-electron chi connectivity index (χ4n) is 3.07. The van der Waals surface area contributed by atoms with Gasteiger partial charge >= 0.3 is 5.97 Å². The van der Waals surface area contributed by atoms with Crippen LogP contribution in [0.1, 0.15) is 20.8 Å². The van der Waals surface area contributed by atoms with Crippen LogP contribution in [0.4, 0.5) is 4.39 Å². The van der Waals surface area contributed by atoms with Gasteiger partial charge in [0.2, 0.25) is 0 Å². The van der Waals surface area contributed by atoms with Crippen molar-refractivity contribution < 1.29 is 18.7 Å². The molecule has 0 spiro atoms. The first-order chi connectivity index (χ1) is 14.5. The summed E-state index contributed by atoms with van der Waals surface area (Å²) in [5.41, 5.74) is 0.544. The Labute approximate surface area is 175 Å². The molecule has 0 saturated carbocycles. The number of hydrogen-bond acceptors (Lipinski definition) is 6. The number of ether oxygens (including phenoxy) is 2. The summed E-state index contributed by atoms with van der Waals surface area (Å²) >= 11 is 1.09. The van der Waals surface area contributed by atoms with E-state index in [1.54, 1.807) is 56.5 Å². The van der Waals surface area contributed by atoms with Crippen molar-refractivity contribution in [2.24, 2.45) is 0 Å². The summed E-state index contributed by atoms with van der Waals surface area (Å²) in [5.74, 6) is 0.0473. The second-order valence-corrected chi connectivity index (χ2v) is 7.57. The quantitative estimate of drug-likeness (QED) is 0.355. The van der Waals surface area contributed by atoms with Crippen molar-refractivity contribution in [1.29, 1.82) is 0 Å². The van der Waals surface area contributed by atoms with E-state index in [0.717, 1.165) is 11.3 Å². The summed E-state index contributed by atoms with van der Waals surface area (Å²) in [6.07, 6.45) is 1.37. The standard InChI is InChI=1S/C22H17FN2O4S/c1-13-18-20(24-12-25(21(18)26)11-14-5-3-4-6-17(14)23)30-19(13)22(27)29-16-9-7-15(28-2)8-10-16/h3-10,12H,11H2,1-2H3. The number of halogens is 1. The summed E-state index contributed by atoms with van der Waals surface area (Å²) in [5, 5.41) is 0.334. The largest absolute Gasteiger partial charge is 0.497 e. The van der Waals surface area contributed by atoms with Crippen LogP contribution in [0.15, 0.2) is 59.7 Å². The van der Waals surface area contributed by atoms with E-state index in [-0.39, 0.29) is 12.1 Å². The van der Waals surface area contributed by atoms with Crippen LogP contribution in [0.3, 0.4) is 0 Å². The van der Waals surface area contributed by atoms with E-state index in [1.165, 1.54) is 17.0 Å². The van der Waals surface area contributed by atoms with E-state index < -0.39 is 11.8 Å². The van der Waals surface area contributed by atoms with Crippen LogP contribution < -0.4 is 15.0 Å². The van der Waals surface area contributed by atoms with E-state index in [2.05, 4.69) is 4.98 Å². The molecule has 0 atom stereocenters. The minimum Gasteiger partial charge on any atom is -0.497 e. The number of aryl methyl sites for hydroxylation is 1. The maximum Gasteiger partial charge on any atom is 0.354 e. The number of methoxy groups -OCH3 is 1. The smallest absolute Gasteiger partial charge is 0.354 e. The second-order valence-electron chi connectivity index (χ2n) is 6.57. The number of nitrogens with zero attached hydrogens (tertiary/aromatic N) is 2. The van der Waals surface area contributed by atoms with Gasteiger partial charge in [0.25, 0.3) is 5.56 Å². The van der Waals surface area contributed by atoms with Gasteiger partial charge in [0.15, 0.2) is 0 Å². The third-order valence-electron chi connectivity index (χ3n) is 4.67. The molecule has 0 bridgehead atoms. The number of rotatable bonds is 5. The number of carbonyl (C=O) groups excluding carboxylic acids is 1. The van der Waals surface area contributed by atoms with Crippen LogP contribution in [-0.4, -0.2) is 22.6 Å². The molecule has 0 unspecified atom stereocenters. The van der Waals surface area contributed by atoms with Gasteiger partial charge in [-0.2, -0.15) is 0 Å². The molecule has 0 amide bonds. The Morgan fingerprint density at radius 3 is 2.53 bits per heavy atom. The predicted octanol–water partition coefficient (Wildman–Crippen LogP) is 4.18. The van der Waals surface area contributed by atoms with Gasteiger partial charge in [-0.15, -0.1) is 11.3 Å². The van der Waals surface area contributed by atoms with Gasteiger partial charge in [-0.3, -0.25) is 9.36 Å². The molecular weight excluding hydrogens is 407 g/mol. The lowest BCUT2D eigenvalue weighted by Crippen LogP contribution is -2.21. The fraction of sp³-hybridized carbons (Fsp3) is 0.136. The highest BCUT2D eigenvalue weighted by Crippen LogP contribution is 2.28. The molecule has 0 aliphatic heterocycles. The third-order valence-corrected chi connectivity index (χ3v) is 5.85. The first-order valence-electron chi connectivity index (χ1n) is 9.06. The lowest BCUT2D eigenvalue weighted by Gasteiger charge is -2.06. The number of thiophene rings is 1. The first-order valence-corrected chi connectivity index (χ1v) is 9.87. The van der Waals surface area contributed by atoms with E-state index in [0.29, 0.717) is 37.7 Å². The highest BCUT2D eigenvalue weighted by molar-refractivity contribution is 7.20. The summed E-state index contributed by atoms with van der Waals surface area (Å²) < 4.78 is 25.8. The van der Waals surface area contributed by atoms with E-state index in [9.17, 15) is 14.0 Å². The Balaban J connectivity index is 1.66. The van der Waals surface area contributed by atoms with Gasteiger partial charge in [0.05, 0.1) is 25.4 Å². The molecule has 2 heterocycles. The molecule has 0 saturated heterocycles. The Morgan fingerprint density at radius 1 is 1.13 bits per heavy atom. The maximum absolute atomic E-state index is 14.0. The Bertz CT molecular complexity index is 1290. The van der Waals surface area contributed by atoms with Gasteiger partial charge in [0, 0.05) is 5.56 Å². The molecule has 4 aromatic rings. The van der Waals surface area contributed by atoms with Crippen molar-refractivity contribution in [3.63, 3.8) is 0 Å². The van der Waals surface area contributed by atoms with Crippen molar-refractivity contribution in [2.45, 2.75) is 13.5 Å². The number of aromatic nitrogens is 2. The normalized spacial score (nSPS) is 10.9. The maximum atomic E-state index is 14.0. The van der Waals surface area contributed by atoms with Crippen molar-refractivity contribution in [1.82, 2.24) is 9.55 Å². The monoisotopic (exact) mass is 424 g/mol. The van der Waals surface area contributed by atoms with E-state index in [1.807, 2.05) is 0 Å². The van der Waals surface area contributed by atoms with Crippen LogP contribution >= 0.6 is 11.3 Å². The molecule has 4 rings (SSSR count). The van der Waals surface area contributed by atoms with Crippen LogP contribution in [-0.2, 0) is 6.54 Å². The molecule has 8 heteroatoms. The average Bonchev–Trinajstić information content (AvgIpc) is 3.09. The molecule has 0 radical (unpaired) electrons. The number of carbonyl (C=O) groups is 1. The van der Waals surface area contributed by atoms with Crippen molar-refractivity contribution in [3.8, 4) is 11.5 Å². The topological polar surface area (TPSA) is 70.4 Å². The van der Waals surface area contributed by atoms with Gasteiger partial charge < -0.3 is 9.47 Å². The minimum absolute atomic E-state index is 0.0510. The first kappa shape index (κ1) is 19.8. The van der Waals surface area contributed by atoms with Gasteiger partial charge in [-0.25, -0.2) is 14.2 Å². The third kappa shape index (κ3) is 3.69. The van der Waals surface area contributed by atoms with E-state index >= 15 is 0 Å². The van der Waals surface area contributed by atoms with Crippen molar-refractivity contribution in [3.05, 3.63) is 87.0 Å². The fourth-order valence-corrected chi connectivity index (χ4v) is 4.09. The average molecular weight is 424 g/mol. The Kier molecular flexibility index (Phi) is 5.33. The molecule has 0 fully saturated rings. The van der Waals surface area contributed by atoms with Crippen LogP contribution in [0.2, 0.25) is 0 Å². The van der Waals surface area contributed by atoms with Crippen molar-refractivity contribution >= 4 is 27.5 Å². The predicted molar refractivity (Wildman–Crippen MR) is 112 cm³/mol. The zero-order valence-electron chi connectivity index (χ0n) is 16.2. The molecule has 0 N–H and O–H groups in total. The Hall–Kier alpha value is -3.52. The number of fused-ring (bicyclic) bond motifs is 1. The number of hydrogen-bond donors (Lipinski definition) is 0. The zero-order valence-corrected chi connectivity index (χ0v) is 17.0. The minimum atomic E-state index is -0.569. The van der Waals surface area contributed by atoms with Gasteiger partial charge in [0.1, 0.15) is 27.0 Å². The highest BCUT2D eigenvalue weighted by Gasteiger charge is 2.21. The summed E-state index contributed by atoms with van der Waals surface area (Å²) in [6.45, 7) is 1.73. The zero-order chi connectivity index (χ0) is 21.3. The lowest BCUT2D eigenvalue weighted by atomic mass is 10.2. The van der Waals surface area contributed by atoms with Crippen LogP contribution in [0, 0.1) is 12.7 Å².